The van der Waals surface area contributed by atoms with Gasteiger partial charge in [-0.3, -0.25) is 14.2 Å². The Morgan fingerprint density at radius 3 is 2.63 bits per heavy atom. The maximum atomic E-state index is 13.1. The summed E-state index contributed by atoms with van der Waals surface area (Å²) in [7, 11) is 1.60. The van der Waals surface area contributed by atoms with E-state index >= 15 is 0 Å². The highest BCUT2D eigenvalue weighted by Crippen LogP contribution is 2.26. The van der Waals surface area contributed by atoms with Gasteiger partial charge in [-0.1, -0.05) is 12.1 Å². The first-order valence-electron chi connectivity index (χ1n) is 9.76. The molecule has 0 atom stereocenters. The topological polar surface area (TPSA) is 91.9 Å². The van der Waals surface area contributed by atoms with E-state index in [9.17, 15) is 9.59 Å². The number of carbonyl (C=O) groups is 1. The molecule has 7 nitrogen and oxygen atoms in total. The number of fused-ring (bicyclic) bond motifs is 3. The van der Waals surface area contributed by atoms with Gasteiger partial charge in [0, 0.05) is 22.5 Å². The number of ether oxygens (including phenoxy) is 1. The highest BCUT2D eigenvalue weighted by molar-refractivity contribution is 7.71. The molecule has 0 unspecified atom stereocenters. The second kappa shape index (κ2) is 7.14. The first-order chi connectivity index (χ1) is 14.5. The maximum absolute atomic E-state index is 13.1. The van der Waals surface area contributed by atoms with Crippen LogP contribution in [0.1, 0.15) is 28.8 Å². The number of carbonyl (C=O) groups excluding carboxylic acids is 1. The zero-order valence-corrected chi connectivity index (χ0v) is 17.1. The number of aromatic amines is 2. The summed E-state index contributed by atoms with van der Waals surface area (Å²) >= 11 is 5.48. The first kappa shape index (κ1) is 18.6. The van der Waals surface area contributed by atoms with Crippen LogP contribution in [-0.2, 0) is 6.54 Å². The van der Waals surface area contributed by atoms with Crippen molar-refractivity contribution >= 4 is 40.1 Å². The van der Waals surface area contributed by atoms with Crippen LogP contribution < -0.4 is 15.6 Å². The van der Waals surface area contributed by atoms with Gasteiger partial charge in [0.15, 0.2) is 4.77 Å². The van der Waals surface area contributed by atoms with Gasteiger partial charge in [0.2, 0.25) is 0 Å². The Morgan fingerprint density at radius 1 is 1.17 bits per heavy atom. The van der Waals surface area contributed by atoms with E-state index in [2.05, 4.69) is 15.3 Å². The smallest absolute Gasteiger partial charge is 0.278 e. The molecule has 1 aliphatic rings. The molecule has 1 fully saturated rings. The summed E-state index contributed by atoms with van der Waals surface area (Å²) in [6.45, 7) is 0.313. The van der Waals surface area contributed by atoms with Gasteiger partial charge in [0.05, 0.1) is 19.2 Å². The van der Waals surface area contributed by atoms with Crippen LogP contribution in [0.3, 0.4) is 0 Å². The molecule has 0 aliphatic heterocycles. The predicted octanol–water partition coefficient (Wildman–Crippen LogP) is 3.49. The van der Waals surface area contributed by atoms with Crippen LogP contribution in [0.5, 0.6) is 5.75 Å². The molecule has 152 valence electrons. The van der Waals surface area contributed by atoms with Crippen LogP contribution in [-0.4, -0.2) is 33.6 Å². The summed E-state index contributed by atoms with van der Waals surface area (Å²) in [6.07, 6.45) is 2.10. The molecule has 3 N–H and O–H groups in total. The van der Waals surface area contributed by atoms with Crippen molar-refractivity contribution in [2.24, 2.45) is 0 Å². The quantitative estimate of drug-likeness (QED) is 0.431. The molecule has 5 rings (SSSR count). The molecule has 0 saturated heterocycles. The Bertz CT molecular complexity index is 1390. The lowest BCUT2D eigenvalue weighted by Gasteiger charge is -2.08. The number of rotatable bonds is 5. The third-order valence-electron chi connectivity index (χ3n) is 5.41. The molecule has 1 saturated carbocycles. The van der Waals surface area contributed by atoms with E-state index in [-0.39, 0.29) is 11.5 Å². The molecule has 1 amide bonds. The van der Waals surface area contributed by atoms with Gasteiger partial charge < -0.3 is 20.0 Å². The Hall–Kier alpha value is -3.39. The normalized spacial score (nSPS) is 13.6. The molecule has 2 heterocycles. The van der Waals surface area contributed by atoms with Crippen molar-refractivity contribution in [1.29, 1.82) is 0 Å². The Kier molecular flexibility index (Phi) is 4.43. The third-order valence-corrected chi connectivity index (χ3v) is 5.73. The van der Waals surface area contributed by atoms with Crippen LogP contribution in [0.15, 0.2) is 47.3 Å². The zero-order valence-electron chi connectivity index (χ0n) is 16.3. The first-order valence-corrected chi connectivity index (χ1v) is 10.2. The monoisotopic (exact) mass is 420 g/mol. The molecular weight excluding hydrogens is 400 g/mol. The minimum absolute atomic E-state index is 0.0616. The van der Waals surface area contributed by atoms with E-state index in [1.165, 1.54) is 4.57 Å². The van der Waals surface area contributed by atoms with Crippen molar-refractivity contribution < 1.29 is 9.53 Å². The molecule has 2 aromatic heterocycles. The van der Waals surface area contributed by atoms with Crippen LogP contribution in [0, 0.1) is 4.77 Å². The second-order valence-corrected chi connectivity index (χ2v) is 7.94. The average Bonchev–Trinajstić information content (AvgIpc) is 3.50. The van der Waals surface area contributed by atoms with Crippen LogP contribution in [0.4, 0.5) is 0 Å². The number of hydrogen-bond donors (Lipinski definition) is 3. The predicted molar refractivity (Wildman–Crippen MR) is 118 cm³/mol. The van der Waals surface area contributed by atoms with E-state index in [0.29, 0.717) is 39.7 Å². The van der Waals surface area contributed by atoms with Gasteiger partial charge >= 0.3 is 0 Å². The SMILES string of the molecule is COc1ccc2[nH]c3c(=O)n(Cc4ccc(C(=O)NC5CC5)cc4)c(=S)[nH]c3c2c1. The molecule has 1 aliphatic carbocycles. The number of hydrogen-bond acceptors (Lipinski definition) is 4. The molecule has 0 bridgehead atoms. The summed E-state index contributed by atoms with van der Waals surface area (Å²) in [5, 5.41) is 3.82. The van der Waals surface area contributed by atoms with Crippen LogP contribution in [0.2, 0.25) is 0 Å². The lowest BCUT2D eigenvalue weighted by Crippen LogP contribution is -2.25. The van der Waals surface area contributed by atoms with E-state index in [1.54, 1.807) is 19.2 Å². The van der Waals surface area contributed by atoms with Crippen molar-refractivity contribution in [3.05, 3.63) is 68.7 Å². The van der Waals surface area contributed by atoms with Crippen LogP contribution >= 0.6 is 12.2 Å². The van der Waals surface area contributed by atoms with Crippen molar-refractivity contribution in [1.82, 2.24) is 19.9 Å². The van der Waals surface area contributed by atoms with Crippen molar-refractivity contribution in [2.45, 2.75) is 25.4 Å². The molecular formula is C22H20N4O3S. The number of aromatic nitrogens is 3. The Labute approximate surface area is 176 Å². The number of nitrogens with one attached hydrogen (secondary N) is 3. The summed E-state index contributed by atoms with van der Waals surface area (Å²) in [5.74, 6) is 0.645. The van der Waals surface area contributed by atoms with E-state index < -0.39 is 0 Å². The Morgan fingerprint density at radius 2 is 1.93 bits per heavy atom. The van der Waals surface area contributed by atoms with Gasteiger partial charge in [-0.2, -0.15) is 0 Å². The minimum atomic E-state index is -0.195. The standard InChI is InChI=1S/C22H20N4O3S/c1-29-15-8-9-17-16(10-15)18-19(24-17)21(28)26(22(30)25-18)11-12-2-4-13(5-3-12)20(27)23-14-6-7-14/h2-5,8-10,14,24H,6-7,11H2,1H3,(H,23,27)(H,25,30). The molecule has 0 radical (unpaired) electrons. The number of nitrogens with zero attached hydrogens (tertiary/aromatic N) is 1. The second-order valence-electron chi connectivity index (χ2n) is 7.55. The number of methoxy groups -OCH3 is 1. The summed E-state index contributed by atoms with van der Waals surface area (Å²) in [6, 6.07) is 13.2. The van der Waals surface area contributed by atoms with Crippen molar-refractivity contribution in [2.75, 3.05) is 7.11 Å². The number of benzene rings is 2. The maximum Gasteiger partial charge on any atom is 0.278 e. The molecule has 8 heteroatoms. The fourth-order valence-electron chi connectivity index (χ4n) is 3.57. The zero-order chi connectivity index (χ0) is 20.8. The fourth-order valence-corrected chi connectivity index (χ4v) is 3.82. The van der Waals surface area contributed by atoms with Gasteiger partial charge in [-0.25, -0.2) is 0 Å². The van der Waals surface area contributed by atoms with Gasteiger partial charge in [0.25, 0.3) is 11.5 Å². The molecule has 2 aromatic carbocycles. The van der Waals surface area contributed by atoms with E-state index in [0.717, 1.165) is 29.3 Å². The van der Waals surface area contributed by atoms with E-state index in [1.807, 2.05) is 30.3 Å². The summed E-state index contributed by atoms with van der Waals surface area (Å²) in [4.78, 5) is 31.6. The highest BCUT2D eigenvalue weighted by atomic mass is 32.1. The van der Waals surface area contributed by atoms with Gasteiger partial charge in [-0.15, -0.1) is 0 Å². The molecule has 0 spiro atoms. The van der Waals surface area contributed by atoms with Gasteiger partial charge in [-0.05, 0) is 61.0 Å². The minimum Gasteiger partial charge on any atom is -0.497 e. The number of H-pyrrole nitrogens is 2. The third kappa shape index (κ3) is 3.29. The highest BCUT2D eigenvalue weighted by Gasteiger charge is 2.23. The number of amides is 1. The fraction of sp³-hybridized carbons (Fsp3) is 0.227. The summed E-state index contributed by atoms with van der Waals surface area (Å²) < 4.78 is 7.15. The van der Waals surface area contributed by atoms with Crippen LogP contribution in [0.25, 0.3) is 21.9 Å². The lowest BCUT2D eigenvalue weighted by atomic mass is 10.1. The van der Waals surface area contributed by atoms with Crippen molar-refractivity contribution in [3.8, 4) is 5.75 Å². The van der Waals surface area contributed by atoms with Gasteiger partial charge in [0.1, 0.15) is 11.3 Å². The average molecular weight is 420 g/mol. The molecule has 4 aromatic rings. The van der Waals surface area contributed by atoms with E-state index in [4.69, 9.17) is 17.0 Å². The largest absolute Gasteiger partial charge is 0.497 e. The summed E-state index contributed by atoms with van der Waals surface area (Å²) in [5.41, 5.74) is 3.27. The lowest BCUT2D eigenvalue weighted by molar-refractivity contribution is 0.0951. The molecule has 30 heavy (non-hydrogen) atoms. The van der Waals surface area contributed by atoms with Crippen molar-refractivity contribution in [3.63, 3.8) is 0 Å². The Balaban J connectivity index is 1.49.